The summed E-state index contributed by atoms with van der Waals surface area (Å²) in [6, 6.07) is 28.9. The van der Waals surface area contributed by atoms with Crippen molar-refractivity contribution in [2.75, 3.05) is 13.2 Å². The maximum absolute atomic E-state index is 12.2. The van der Waals surface area contributed by atoms with E-state index in [1.54, 1.807) is 48.5 Å². The molecular formula is C30H22O8. The van der Waals surface area contributed by atoms with Crippen LogP contribution in [-0.2, 0) is 9.47 Å². The van der Waals surface area contributed by atoms with E-state index in [4.69, 9.17) is 18.9 Å². The summed E-state index contributed by atoms with van der Waals surface area (Å²) in [4.78, 5) is 48.9. The normalized spacial score (nSPS) is 10.2. The largest absolute Gasteiger partial charge is 0.458 e. The minimum Gasteiger partial charge on any atom is -0.458 e. The highest BCUT2D eigenvalue weighted by Crippen LogP contribution is 2.14. The minimum atomic E-state index is -0.634. The quantitative estimate of drug-likeness (QED) is 0.173. The Hall–Kier alpha value is -5.24. The van der Waals surface area contributed by atoms with E-state index >= 15 is 0 Å². The van der Waals surface area contributed by atoms with Crippen LogP contribution >= 0.6 is 0 Å². The molecule has 0 radical (unpaired) electrons. The second kappa shape index (κ2) is 12.6. The highest BCUT2D eigenvalue weighted by atomic mass is 16.6. The second-order valence-electron chi connectivity index (χ2n) is 7.83. The van der Waals surface area contributed by atoms with Crippen molar-refractivity contribution in [2.45, 2.75) is 0 Å². The number of hydrogen-bond donors (Lipinski definition) is 0. The lowest BCUT2D eigenvalue weighted by Crippen LogP contribution is -2.15. The molecular weight excluding hydrogens is 488 g/mol. The highest BCUT2D eigenvalue weighted by molar-refractivity contribution is 5.95. The van der Waals surface area contributed by atoms with Crippen molar-refractivity contribution in [3.05, 3.63) is 131 Å². The molecule has 0 amide bonds. The third-order valence-electron chi connectivity index (χ3n) is 5.17. The number of esters is 4. The Bertz CT molecular complexity index is 1290. The number of benzene rings is 4. The number of para-hydroxylation sites is 2. The van der Waals surface area contributed by atoms with Gasteiger partial charge in [-0.05, 0) is 72.8 Å². The Morgan fingerprint density at radius 2 is 0.684 bits per heavy atom. The summed E-state index contributed by atoms with van der Waals surface area (Å²) in [5.41, 5.74) is 1.01. The summed E-state index contributed by atoms with van der Waals surface area (Å²) >= 11 is 0. The molecule has 0 unspecified atom stereocenters. The van der Waals surface area contributed by atoms with Crippen LogP contribution < -0.4 is 9.47 Å². The van der Waals surface area contributed by atoms with E-state index in [9.17, 15) is 19.2 Å². The van der Waals surface area contributed by atoms with Gasteiger partial charge in [0.2, 0.25) is 0 Å². The summed E-state index contributed by atoms with van der Waals surface area (Å²) in [5.74, 6) is -1.54. The summed E-state index contributed by atoms with van der Waals surface area (Å²) in [6.45, 7) is -0.326. The van der Waals surface area contributed by atoms with Gasteiger partial charge in [-0.25, -0.2) is 19.2 Å². The van der Waals surface area contributed by atoms with Crippen LogP contribution in [0.4, 0.5) is 0 Å². The molecule has 0 bridgehead atoms. The van der Waals surface area contributed by atoms with Gasteiger partial charge in [-0.1, -0.05) is 36.4 Å². The number of ether oxygens (including phenoxy) is 4. The van der Waals surface area contributed by atoms with E-state index in [1.165, 1.54) is 48.5 Å². The maximum Gasteiger partial charge on any atom is 0.343 e. The Morgan fingerprint density at radius 1 is 0.395 bits per heavy atom. The monoisotopic (exact) mass is 510 g/mol. The van der Waals surface area contributed by atoms with Crippen molar-refractivity contribution < 1.29 is 38.1 Å². The van der Waals surface area contributed by atoms with Gasteiger partial charge in [0.25, 0.3) is 0 Å². The summed E-state index contributed by atoms with van der Waals surface area (Å²) in [5, 5.41) is 0. The minimum absolute atomic E-state index is 0.163. The van der Waals surface area contributed by atoms with E-state index in [-0.39, 0.29) is 35.5 Å². The Balaban J connectivity index is 1.20. The zero-order valence-corrected chi connectivity index (χ0v) is 20.1. The number of carbonyl (C=O) groups excluding carboxylic acids is 4. The van der Waals surface area contributed by atoms with Crippen molar-refractivity contribution in [2.24, 2.45) is 0 Å². The van der Waals surface area contributed by atoms with Gasteiger partial charge < -0.3 is 18.9 Å². The molecule has 8 heteroatoms. The first-order valence-electron chi connectivity index (χ1n) is 11.6. The van der Waals surface area contributed by atoms with Crippen molar-refractivity contribution in [3.63, 3.8) is 0 Å². The van der Waals surface area contributed by atoms with Crippen LogP contribution in [0.25, 0.3) is 0 Å². The van der Waals surface area contributed by atoms with Gasteiger partial charge in [0.05, 0.1) is 22.3 Å². The van der Waals surface area contributed by atoms with Crippen LogP contribution in [0.2, 0.25) is 0 Å². The fraction of sp³-hybridized carbons (Fsp3) is 0.0667. The lowest BCUT2D eigenvalue weighted by Gasteiger charge is -2.08. The fourth-order valence-electron chi connectivity index (χ4n) is 3.23. The molecule has 0 aliphatic rings. The van der Waals surface area contributed by atoms with Crippen LogP contribution in [0.1, 0.15) is 41.4 Å². The average Bonchev–Trinajstić information content (AvgIpc) is 2.96. The molecule has 0 atom stereocenters. The zero-order valence-electron chi connectivity index (χ0n) is 20.1. The van der Waals surface area contributed by atoms with Crippen LogP contribution in [0, 0.1) is 0 Å². The molecule has 0 aliphatic heterocycles. The van der Waals surface area contributed by atoms with Crippen molar-refractivity contribution in [1.82, 2.24) is 0 Å². The molecule has 0 spiro atoms. The molecule has 0 saturated carbocycles. The van der Waals surface area contributed by atoms with Crippen LogP contribution in [0.5, 0.6) is 11.5 Å². The van der Waals surface area contributed by atoms with Gasteiger partial charge in [-0.15, -0.1) is 0 Å². The standard InChI is InChI=1S/C30H22O8/c31-27(21-11-15-23(16-12-21)29(33)37-25-7-3-1-4-8-25)35-19-20-36-28(32)22-13-17-24(18-14-22)30(34)38-26-9-5-2-6-10-26/h1-18H,19-20H2. The molecule has 0 saturated heterocycles. The predicted octanol–water partition coefficient (Wildman–Crippen LogP) is 5.14. The van der Waals surface area contributed by atoms with Gasteiger partial charge in [-0.3, -0.25) is 0 Å². The van der Waals surface area contributed by atoms with Gasteiger partial charge in [-0.2, -0.15) is 0 Å². The highest BCUT2D eigenvalue weighted by Gasteiger charge is 2.14. The molecule has 0 aromatic heterocycles. The van der Waals surface area contributed by atoms with E-state index < -0.39 is 23.9 Å². The van der Waals surface area contributed by atoms with Crippen LogP contribution in [0.3, 0.4) is 0 Å². The van der Waals surface area contributed by atoms with E-state index in [0.717, 1.165) is 0 Å². The van der Waals surface area contributed by atoms with Gasteiger partial charge in [0.1, 0.15) is 24.7 Å². The Labute approximate surface area is 218 Å². The molecule has 4 rings (SSSR count). The molecule has 190 valence electrons. The molecule has 0 aliphatic carbocycles. The lowest BCUT2D eigenvalue weighted by atomic mass is 10.1. The van der Waals surface area contributed by atoms with Crippen LogP contribution in [0.15, 0.2) is 109 Å². The van der Waals surface area contributed by atoms with Crippen LogP contribution in [-0.4, -0.2) is 37.1 Å². The Morgan fingerprint density at radius 3 is 1.00 bits per heavy atom. The van der Waals surface area contributed by atoms with Crippen molar-refractivity contribution in [3.8, 4) is 11.5 Å². The lowest BCUT2D eigenvalue weighted by molar-refractivity contribution is 0.0265. The van der Waals surface area contributed by atoms with E-state index in [0.29, 0.717) is 11.5 Å². The predicted molar refractivity (Wildman–Crippen MR) is 136 cm³/mol. The third-order valence-corrected chi connectivity index (χ3v) is 5.17. The number of hydrogen-bond acceptors (Lipinski definition) is 8. The molecule has 0 N–H and O–H groups in total. The molecule has 8 nitrogen and oxygen atoms in total. The maximum atomic E-state index is 12.2. The summed E-state index contributed by atoms with van der Waals surface area (Å²) in [6.07, 6.45) is 0. The van der Waals surface area contributed by atoms with Crippen molar-refractivity contribution in [1.29, 1.82) is 0 Å². The molecule has 4 aromatic rings. The smallest absolute Gasteiger partial charge is 0.343 e. The van der Waals surface area contributed by atoms with E-state index in [1.807, 2.05) is 12.1 Å². The average molecular weight is 510 g/mol. The molecule has 4 aromatic carbocycles. The number of rotatable bonds is 9. The first-order chi connectivity index (χ1) is 18.5. The molecule has 38 heavy (non-hydrogen) atoms. The van der Waals surface area contributed by atoms with Gasteiger partial charge >= 0.3 is 23.9 Å². The topological polar surface area (TPSA) is 105 Å². The summed E-state index contributed by atoms with van der Waals surface area (Å²) < 4.78 is 20.8. The van der Waals surface area contributed by atoms with E-state index in [2.05, 4.69) is 0 Å². The first-order valence-corrected chi connectivity index (χ1v) is 11.6. The SMILES string of the molecule is O=C(OCCOC(=O)c1ccc(C(=O)Oc2ccccc2)cc1)c1ccc(C(=O)Oc2ccccc2)cc1. The third kappa shape index (κ3) is 7.14. The summed E-state index contributed by atoms with van der Waals surface area (Å²) in [7, 11) is 0. The molecule has 0 heterocycles. The first kappa shape index (κ1) is 25.8. The van der Waals surface area contributed by atoms with Gasteiger partial charge in [0.15, 0.2) is 0 Å². The fourth-order valence-corrected chi connectivity index (χ4v) is 3.23. The second-order valence-corrected chi connectivity index (χ2v) is 7.83. The molecule has 0 fully saturated rings. The Kier molecular flexibility index (Phi) is 8.60. The van der Waals surface area contributed by atoms with Crippen molar-refractivity contribution >= 4 is 23.9 Å². The van der Waals surface area contributed by atoms with Gasteiger partial charge in [0, 0.05) is 0 Å². The number of carbonyl (C=O) groups is 4. The zero-order chi connectivity index (χ0) is 26.7.